The van der Waals surface area contributed by atoms with Crippen molar-refractivity contribution in [3.05, 3.63) is 23.9 Å². The smallest absolute Gasteiger partial charge is 0.127 e. The van der Waals surface area contributed by atoms with E-state index in [-0.39, 0.29) is 6.61 Å². The maximum Gasteiger partial charge on any atom is 0.127 e. The lowest BCUT2D eigenvalue weighted by molar-refractivity contribution is 0.123. The summed E-state index contributed by atoms with van der Waals surface area (Å²) in [4.78, 5) is 6.55. The van der Waals surface area contributed by atoms with E-state index >= 15 is 0 Å². The van der Waals surface area contributed by atoms with Crippen molar-refractivity contribution >= 4 is 5.82 Å². The zero-order valence-electron chi connectivity index (χ0n) is 11.0. The first-order chi connectivity index (χ1) is 9.31. The zero-order chi connectivity index (χ0) is 13.5. The van der Waals surface area contributed by atoms with Crippen LogP contribution < -0.4 is 5.32 Å². The van der Waals surface area contributed by atoms with Gasteiger partial charge >= 0.3 is 0 Å². The molecule has 0 amide bonds. The lowest BCUT2D eigenvalue weighted by Gasteiger charge is -2.31. The molecule has 102 valence electrons. The average Bonchev–Trinajstić information content (AvgIpc) is 2.48. The molecule has 1 atom stereocenters. The number of aliphatic hydroxyl groups is 1. The van der Waals surface area contributed by atoms with E-state index in [2.05, 4.69) is 21.3 Å². The molecule has 1 aromatic rings. The highest BCUT2D eigenvalue weighted by Gasteiger charge is 2.18. The van der Waals surface area contributed by atoms with Crippen molar-refractivity contribution in [2.45, 2.75) is 12.8 Å². The molecule has 5 heteroatoms. The van der Waals surface area contributed by atoms with Gasteiger partial charge in [0.2, 0.25) is 0 Å². The molecule has 1 saturated heterocycles. The molecule has 0 radical (unpaired) electrons. The standard InChI is InChI=1S/C14H20N4O/c15-9-12-3-4-16-14(8-12)17-5-7-18-6-1-2-13(10-18)11-19/h3-4,8,13,19H,1-2,5-7,10-11H2,(H,16,17). The van der Waals surface area contributed by atoms with Crippen LogP contribution in [0.3, 0.4) is 0 Å². The Labute approximate surface area is 113 Å². The van der Waals surface area contributed by atoms with E-state index in [9.17, 15) is 5.11 Å². The van der Waals surface area contributed by atoms with Crippen molar-refractivity contribution in [3.8, 4) is 6.07 Å². The lowest BCUT2D eigenvalue weighted by Crippen LogP contribution is -2.39. The first-order valence-electron chi connectivity index (χ1n) is 6.75. The van der Waals surface area contributed by atoms with Gasteiger partial charge < -0.3 is 15.3 Å². The molecular formula is C14H20N4O. The van der Waals surface area contributed by atoms with Crippen molar-refractivity contribution in [3.63, 3.8) is 0 Å². The van der Waals surface area contributed by atoms with Crippen molar-refractivity contribution < 1.29 is 5.11 Å². The van der Waals surface area contributed by atoms with Crippen LogP contribution in [0.1, 0.15) is 18.4 Å². The van der Waals surface area contributed by atoms with Gasteiger partial charge in [0.1, 0.15) is 5.82 Å². The number of anilines is 1. The van der Waals surface area contributed by atoms with Gasteiger partial charge in [0, 0.05) is 32.4 Å². The topological polar surface area (TPSA) is 72.2 Å². The number of hydrogen-bond donors (Lipinski definition) is 2. The maximum atomic E-state index is 9.19. The van der Waals surface area contributed by atoms with Gasteiger partial charge in [-0.15, -0.1) is 0 Å². The van der Waals surface area contributed by atoms with Gasteiger partial charge in [0.05, 0.1) is 11.6 Å². The largest absolute Gasteiger partial charge is 0.396 e. The van der Waals surface area contributed by atoms with Gasteiger partial charge in [-0.2, -0.15) is 5.26 Å². The Bertz CT molecular complexity index is 443. The molecule has 1 aliphatic rings. The number of nitriles is 1. The van der Waals surface area contributed by atoms with E-state index in [1.54, 1.807) is 18.3 Å². The molecule has 1 fully saturated rings. The normalized spacial score (nSPS) is 19.9. The molecule has 1 aliphatic heterocycles. The summed E-state index contributed by atoms with van der Waals surface area (Å²) in [6.45, 7) is 4.11. The van der Waals surface area contributed by atoms with E-state index in [0.717, 1.165) is 44.8 Å². The first-order valence-corrected chi connectivity index (χ1v) is 6.75. The minimum atomic E-state index is 0.287. The molecule has 0 saturated carbocycles. The number of aliphatic hydroxyl groups excluding tert-OH is 1. The molecule has 19 heavy (non-hydrogen) atoms. The molecular weight excluding hydrogens is 240 g/mol. The SMILES string of the molecule is N#Cc1ccnc(NCCN2CCCC(CO)C2)c1. The number of nitrogens with zero attached hydrogens (tertiary/aromatic N) is 3. The molecule has 5 nitrogen and oxygen atoms in total. The summed E-state index contributed by atoms with van der Waals surface area (Å²) in [5.41, 5.74) is 0.621. The second-order valence-electron chi connectivity index (χ2n) is 4.96. The second kappa shape index (κ2) is 7.07. The highest BCUT2D eigenvalue weighted by Crippen LogP contribution is 2.15. The van der Waals surface area contributed by atoms with Crippen LogP contribution in [0.25, 0.3) is 0 Å². The number of likely N-dealkylation sites (tertiary alicyclic amines) is 1. The molecule has 0 spiro atoms. The average molecular weight is 260 g/mol. The van der Waals surface area contributed by atoms with E-state index in [4.69, 9.17) is 5.26 Å². The third-order valence-corrected chi connectivity index (χ3v) is 3.48. The van der Waals surface area contributed by atoms with Crippen molar-refractivity contribution in [1.82, 2.24) is 9.88 Å². The molecule has 0 aliphatic carbocycles. The summed E-state index contributed by atoms with van der Waals surface area (Å²) in [7, 11) is 0. The fourth-order valence-electron chi connectivity index (χ4n) is 2.44. The third-order valence-electron chi connectivity index (χ3n) is 3.48. The number of hydrogen-bond acceptors (Lipinski definition) is 5. The molecule has 2 heterocycles. The molecule has 0 bridgehead atoms. The van der Waals surface area contributed by atoms with E-state index < -0.39 is 0 Å². The second-order valence-corrected chi connectivity index (χ2v) is 4.96. The Balaban J connectivity index is 1.75. The fourth-order valence-corrected chi connectivity index (χ4v) is 2.44. The van der Waals surface area contributed by atoms with Crippen LogP contribution in [-0.2, 0) is 0 Å². The monoisotopic (exact) mass is 260 g/mol. The first kappa shape index (κ1) is 13.8. The van der Waals surface area contributed by atoms with Crippen molar-refractivity contribution in [2.24, 2.45) is 5.92 Å². The van der Waals surface area contributed by atoms with Crippen molar-refractivity contribution in [2.75, 3.05) is 38.1 Å². The zero-order valence-corrected chi connectivity index (χ0v) is 11.0. The molecule has 2 rings (SSSR count). The van der Waals surface area contributed by atoms with Crippen LogP contribution in [0, 0.1) is 17.2 Å². The molecule has 0 aromatic carbocycles. The predicted molar refractivity (Wildman–Crippen MR) is 73.7 cm³/mol. The highest BCUT2D eigenvalue weighted by atomic mass is 16.3. The third kappa shape index (κ3) is 4.19. The lowest BCUT2D eigenvalue weighted by atomic mass is 9.99. The minimum Gasteiger partial charge on any atom is -0.396 e. The van der Waals surface area contributed by atoms with Gasteiger partial charge in [0.15, 0.2) is 0 Å². The Morgan fingerprint density at radius 2 is 2.47 bits per heavy atom. The molecule has 1 aromatic heterocycles. The predicted octanol–water partition coefficient (Wildman–Crippen LogP) is 1.07. The van der Waals surface area contributed by atoms with Gasteiger partial charge in [0.25, 0.3) is 0 Å². The van der Waals surface area contributed by atoms with Gasteiger partial charge in [-0.25, -0.2) is 4.98 Å². The van der Waals surface area contributed by atoms with Crippen LogP contribution in [0.2, 0.25) is 0 Å². The van der Waals surface area contributed by atoms with E-state index in [1.807, 2.05) is 0 Å². The number of rotatable bonds is 5. The number of nitrogens with one attached hydrogen (secondary N) is 1. The number of aromatic nitrogens is 1. The van der Waals surface area contributed by atoms with Gasteiger partial charge in [-0.1, -0.05) is 0 Å². The van der Waals surface area contributed by atoms with Gasteiger partial charge in [-0.3, -0.25) is 0 Å². The van der Waals surface area contributed by atoms with E-state index in [0.29, 0.717) is 11.5 Å². The Morgan fingerprint density at radius 1 is 1.58 bits per heavy atom. The summed E-state index contributed by atoms with van der Waals surface area (Å²) in [5.74, 6) is 1.17. The molecule has 1 unspecified atom stereocenters. The minimum absolute atomic E-state index is 0.287. The summed E-state index contributed by atoms with van der Waals surface area (Å²) in [6, 6.07) is 5.56. The summed E-state index contributed by atoms with van der Waals surface area (Å²) < 4.78 is 0. The summed E-state index contributed by atoms with van der Waals surface area (Å²) >= 11 is 0. The Kier molecular flexibility index (Phi) is 5.13. The number of pyridine rings is 1. The summed E-state index contributed by atoms with van der Waals surface area (Å²) in [5, 5.41) is 21.2. The quantitative estimate of drug-likeness (QED) is 0.828. The van der Waals surface area contributed by atoms with Crippen LogP contribution in [0.5, 0.6) is 0 Å². The summed E-state index contributed by atoms with van der Waals surface area (Å²) in [6.07, 6.45) is 3.93. The van der Waals surface area contributed by atoms with Crippen molar-refractivity contribution in [1.29, 1.82) is 5.26 Å². The van der Waals surface area contributed by atoms with E-state index in [1.165, 1.54) is 0 Å². The van der Waals surface area contributed by atoms with Crippen LogP contribution in [-0.4, -0.2) is 47.8 Å². The van der Waals surface area contributed by atoms with Gasteiger partial charge in [-0.05, 0) is 37.4 Å². The number of piperidine rings is 1. The fraction of sp³-hybridized carbons (Fsp3) is 0.571. The highest BCUT2D eigenvalue weighted by molar-refractivity contribution is 5.42. The maximum absolute atomic E-state index is 9.19. The molecule has 2 N–H and O–H groups in total. The van der Waals surface area contributed by atoms with Crippen LogP contribution in [0.4, 0.5) is 5.82 Å². The Hall–Kier alpha value is -1.64. The van der Waals surface area contributed by atoms with Crippen LogP contribution >= 0.6 is 0 Å². The van der Waals surface area contributed by atoms with Crippen LogP contribution in [0.15, 0.2) is 18.3 Å². The Morgan fingerprint density at radius 3 is 3.26 bits per heavy atom.